The first-order valence-corrected chi connectivity index (χ1v) is 10.2. The van der Waals surface area contributed by atoms with E-state index in [1.807, 2.05) is 17.5 Å². The Labute approximate surface area is 108 Å². The first kappa shape index (κ1) is 12.1. The highest BCUT2D eigenvalue weighted by atomic mass is 79.9. The number of thiophene rings is 1. The first-order chi connectivity index (χ1) is 7.47. The minimum atomic E-state index is -0.956. The van der Waals surface area contributed by atoms with Crippen molar-refractivity contribution in [1.29, 1.82) is 0 Å². The quantitative estimate of drug-likeness (QED) is 0.764. The Bertz CT molecular complexity index is 525. The van der Waals surface area contributed by atoms with Crippen LogP contribution in [0.3, 0.4) is 0 Å². The molecule has 0 saturated heterocycles. The highest BCUT2D eigenvalue weighted by molar-refractivity contribution is 9.58. The van der Waals surface area contributed by atoms with Gasteiger partial charge in [-0.1, -0.05) is 12.1 Å². The van der Waals surface area contributed by atoms with Gasteiger partial charge in [0.25, 0.3) is 0 Å². The summed E-state index contributed by atoms with van der Waals surface area (Å²) in [5, 5.41) is 3.20. The van der Waals surface area contributed by atoms with Gasteiger partial charge in [0, 0.05) is 16.0 Å². The smallest absolute Gasteiger partial charge is 0.173 e. The van der Waals surface area contributed by atoms with Crippen LogP contribution in [-0.4, -0.2) is 24.0 Å². The molecule has 0 aliphatic heterocycles. The van der Waals surface area contributed by atoms with Crippen molar-refractivity contribution in [2.24, 2.45) is 0 Å². The Morgan fingerprint density at radius 1 is 1.38 bits per heavy atom. The van der Waals surface area contributed by atoms with Gasteiger partial charge in [-0.15, -0.1) is 11.3 Å². The Morgan fingerprint density at radius 3 is 2.81 bits per heavy atom. The molecule has 0 N–H and O–H groups in total. The third-order valence-corrected chi connectivity index (χ3v) is 4.85. The van der Waals surface area contributed by atoms with E-state index >= 15 is 0 Å². The maximum absolute atomic E-state index is 12.2. The lowest BCUT2D eigenvalue weighted by atomic mass is 10.1. The largest absolute Gasteiger partial charge is 0.293 e. The molecule has 0 atom stereocenters. The number of ketones is 1. The van der Waals surface area contributed by atoms with E-state index in [0.29, 0.717) is 5.75 Å². The molecule has 0 saturated carbocycles. The third-order valence-electron chi connectivity index (χ3n) is 2.25. The lowest BCUT2D eigenvalue weighted by Gasteiger charge is -2.21. The molecule has 0 radical (unpaired) electrons. The van der Waals surface area contributed by atoms with Crippen molar-refractivity contribution in [3.63, 3.8) is 0 Å². The average Bonchev–Trinajstić information content (AvgIpc) is 2.61. The van der Waals surface area contributed by atoms with E-state index in [1.165, 1.54) is 5.39 Å². The van der Waals surface area contributed by atoms with E-state index < -0.39 is 8.46 Å². The van der Waals surface area contributed by atoms with E-state index in [4.69, 9.17) is 0 Å². The summed E-state index contributed by atoms with van der Waals surface area (Å²) in [5.41, 5.74) is 0.868. The fourth-order valence-electron chi connectivity index (χ4n) is 1.60. The molecule has 0 bridgehead atoms. The van der Waals surface area contributed by atoms with Crippen LogP contribution in [0.2, 0.25) is 0 Å². The topological polar surface area (TPSA) is 17.1 Å². The molecule has 0 spiro atoms. The highest BCUT2D eigenvalue weighted by Gasteiger charge is 2.17. The number of carbonyl (C=O) groups is 1. The molecular weight excluding hydrogens is 304 g/mol. The third kappa shape index (κ3) is 2.67. The Hall–Kier alpha value is -0.320. The van der Waals surface area contributed by atoms with Crippen LogP contribution in [0, 0.1) is 0 Å². The summed E-state index contributed by atoms with van der Waals surface area (Å²) < 4.78 is 1.11. The van der Waals surface area contributed by atoms with Gasteiger partial charge in [-0.3, -0.25) is 4.79 Å². The summed E-state index contributed by atoms with van der Waals surface area (Å²) >= 11 is 5.24. The van der Waals surface area contributed by atoms with Gasteiger partial charge in [0.05, 0.1) is 0 Å². The zero-order valence-corrected chi connectivity index (χ0v) is 12.4. The van der Waals surface area contributed by atoms with E-state index in [0.717, 1.165) is 10.3 Å². The number of hydrogen-bond donors (Lipinski definition) is 0. The molecule has 1 nitrogen and oxygen atoms in total. The van der Waals surface area contributed by atoms with Crippen LogP contribution < -0.4 is 0 Å². The van der Waals surface area contributed by atoms with Crippen molar-refractivity contribution in [1.82, 2.24) is 0 Å². The standard InChI is InChI=1S/C12H13BrOS2/c1-16(2,13)8-11(14)10-5-3-4-9-6-7-15-12(9)10/h3-7H,8H2,1-2H3. The zero-order chi connectivity index (χ0) is 11.8. The SMILES string of the molecule is CS(C)(Br)CC(=O)c1cccc2ccsc12. The van der Waals surface area contributed by atoms with Crippen molar-refractivity contribution in [3.05, 3.63) is 35.2 Å². The Kier molecular flexibility index (Phi) is 3.42. The summed E-state index contributed by atoms with van der Waals surface area (Å²) in [4.78, 5) is 12.2. The Morgan fingerprint density at radius 2 is 2.12 bits per heavy atom. The second kappa shape index (κ2) is 4.51. The van der Waals surface area contributed by atoms with Crippen molar-refractivity contribution in [2.75, 3.05) is 18.3 Å². The normalized spacial score (nSPS) is 12.9. The fourth-order valence-corrected chi connectivity index (χ4v) is 3.94. The van der Waals surface area contributed by atoms with Gasteiger partial charge in [0.15, 0.2) is 5.78 Å². The minimum Gasteiger partial charge on any atom is -0.293 e. The maximum atomic E-state index is 12.2. The summed E-state index contributed by atoms with van der Waals surface area (Å²) in [6.45, 7) is 0. The van der Waals surface area contributed by atoms with Crippen LogP contribution in [0.25, 0.3) is 10.1 Å². The second-order valence-electron chi connectivity index (χ2n) is 4.12. The van der Waals surface area contributed by atoms with Crippen LogP contribution in [0.4, 0.5) is 0 Å². The van der Waals surface area contributed by atoms with Gasteiger partial charge in [-0.05, 0) is 50.2 Å². The fraction of sp³-hybridized carbons (Fsp3) is 0.250. The molecular formula is C12H13BrOS2. The average molecular weight is 317 g/mol. The van der Waals surface area contributed by atoms with Crippen LogP contribution in [0.5, 0.6) is 0 Å². The van der Waals surface area contributed by atoms with Crippen molar-refractivity contribution in [2.45, 2.75) is 0 Å². The lowest BCUT2D eigenvalue weighted by Crippen LogP contribution is -2.08. The van der Waals surface area contributed by atoms with Crippen molar-refractivity contribution >= 4 is 50.5 Å². The monoisotopic (exact) mass is 316 g/mol. The van der Waals surface area contributed by atoms with Crippen LogP contribution in [0.15, 0.2) is 29.6 Å². The molecule has 86 valence electrons. The number of benzene rings is 1. The zero-order valence-electron chi connectivity index (χ0n) is 9.20. The predicted octanol–water partition coefficient (Wildman–Crippen LogP) is 4.46. The summed E-state index contributed by atoms with van der Waals surface area (Å²) in [6, 6.07) is 8.00. The second-order valence-corrected chi connectivity index (χ2v) is 13.4. The number of carbonyl (C=O) groups excluding carboxylic acids is 1. The van der Waals surface area contributed by atoms with E-state index in [-0.39, 0.29) is 5.78 Å². The van der Waals surface area contributed by atoms with Gasteiger partial charge in [-0.2, -0.15) is 8.46 Å². The summed E-state index contributed by atoms with van der Waals surface area (Å²) in [7, 11) is -0.956. The molecule has 4 heteroatoms. The Balaban J connectivity index is 2.40. The molecule has 0 aliphatic rings. The molecule has 2 rings (SSSR count). The molecule has 0 fully saturated rings. The molecule has 1 heterocycles. The number of halogens is 1. The summed E-state index contributed by atoms with van der Waals surface area (Å²) in [5.74, 6) is 0.842. The number of Topliss-reactive ketones (excluding diaryl/α,β-unsaturated/α-hetero) is 1. The van der Waals surface area contributed by atoms with Gasteiger partial charge in [0.1, 0.15) is 0 Å². The molecule has 0 amide bonds. The molecule has 0 unspecified atom stereocenters. The summed E-state index contributed by atoms with van der Waals surface area (Å²) in [6.07, 6.45) is 4.19. The molecule has 2 aromatic rings. The van der Waals surface area contributed by atoms with Crippen LogP contribution in [-0.2, 0) is 0 Å². The van der Waals surface area contributed by atoms with Gasteiger partial charge in [-0.25, -0.2) is 0 Å². The maximum Gasteiger partial charge on any atom is 0.173 e. The predicted molar refractivity (Wildman–Crippen MR) is 79.4 cm³/mol. The number of fused-ring (bicyclic) bond motifs is 1. The van der Waals surface area contributed by atoms with E-state index in [1.54, 1.807) is 11.3 Å². The van der Waals surface area contributed by atoms with E-state index in [9.17, 15) is 4.79 Å². The van der Waals surface area contributed by atoms with Crippen LogP contribution in [0.1, 0.15) is 10.4 Å². The molecule has 16 heavy (non-hydrogen) atoms. The van der Waals surface area contributed by atoms with Crippen molar-refractivity contribution in [3.8, 4) is 0 Å². The van der Waals surface area contributed by atoms with Gasteiger partial charge >= 0.3 is 0 Å². The molecule has 1 aromatic carbocycles. The van der Waals surface area contributed by atoms with Crippen LogP contribution >= 0.6 is 34.6 Å². The number of hydrogen-bond acceptors (Lipinski definition) is 2. The van der Waals surface area contributed by atoms with Gasteiger partial charge < -0.3 is 0 Å². The molecule has 0 aliphatic carbocycles. The lowest BCUT2D eigenvalue weighted by molar-refractivity contribution is 0.102. The number of rotatable bonds is 3. The van der Waals surface area contributed by atoms with Crippen molar-refractivity contribution < 1.29 is 4.79 Å². The van der Waals surface area contributed by atoms with E-state index in [2.05, 4.69) is 39.5 Å². The minimum absolute atomic E-state index is 0.241. The van der Waals surface area contributed by atoms with Gasteiger partial charge in [0.2, 0.25) is 0 Å². The molecule has 1 aromatic heterocycles. The first-order valence-electron chi connectivity index (χ1n) is 4.87. The highest BCUT2D eigenvalue weighted by Crippen LogP contribution is 2.48.